The molecule has 0 N–H and O–H groups in total. The van der Waals surface area contributed by atoms with E-state index in [1.54, 1.807) is 0 Å². The van der Waals surface area contributed by atoms with E-state index in [-0.39, 0.29) is 136 Å². The zero-order valence-electron chi connectivity index (χ0n) is 7.09. The van der Waals surface area contributed by atoms with Gasteiger partial charge in [-0.1, -0.05) is 0 Å². The normalized spacial score (nSPS) is 8.57. The molecule has 0 spiro atoms. The summed E-state index contributed by atoms with van der Waals surface area (Å²) in [6, 6.07) is 0. The summed E-state index contributed by atoms with van der Waals surface area (Å²) in [5.41, 5.74) is 0. The zero-order chi connectivity index (χ0) is 9.00. The summed E-state index contributed by atoms with van der Waals surface area (Å²) in [4.78, 5) is 68.6. The van der Waals surface area contributed by atoms with Crippen LogP contribution in [0.5, 0.6) is 0 Å². The Bertz CT molecular complexity index is 65.6. The molecule has 0 amide bonds. The minimum atomic E-state index is -5.61. The SMILES string of the molecule is [Ca+2].[Ca+2].[Ca+2].[Mg+2].[O-][Si]([O-])([O-])[O-].[O-][Si]([O-])([O-])[O-]. The predicted octanol–water partition coefficient (Wildman–Crippen LogP) is -11.8. The van der Waals surface area contributed by atoms with Crippen molar-refractivity contribution in [3.8, 4) is 0 Å². The van der Waals surface area contributed by atoms with E-state index < -0.39 is 18.1 Å². The fourth-order valence-electron chi connectivity index (χ4n) is 0. The van der Waals surface area contributed by atoms with E-state index in [1.807, 2.05) is 0 Å². The Labute approximate surface area is 188 Å². The molecular formula is Ca3MgO8Si2. The minimum absolute atomic E-state index is 0. The molecule has 0 aliphatic heterocycles. The summed E-state index contributed by atoms with van der Waals surface area (Å²) in [5.74, 6) is 0. The van der Waals surface area contributed by atoms with Crippen LogP contribution in [-0.2, 0) is 0 Å². The summed E-state index contributed by atoms with van der Waals surface area (Å²) in [5, 5.41) is 0. The summed E-state index contributed by atoms with van der Waals surface area (Å²) in [7, 11) is -11.2. The van der Waals surface area contributed by atoms with E-state index in [2.05, 4.69) is 0 Å². The van der Waals surface area contributed by atoms with Gasteiger partial charge in [-0.25, -0.2) is 0 Å². The van der Waals surface area contributed by atoms with Crippen LogP contribution in [0.3, 0.4) is 0 Å². The van der Waals surface area contributed by atoms with Crippen LogP contribution in [0.1, 0.15) is 0 Å². The fraction of sp³-hybridized carbons (Fsp3) is 0. The molecule has 64 valence electrons. The largest absolute Gasteiger partial charge is 2.00 e. The summed E-state index contributed by atoms with van der Waals surface area (Å²) in [6.45, 7) is 0. The van der Waals surface area contributed by atoms with Gasteiger partial charge in [-0.05, 0) is 0 Å². The van der Waals surface area contributed by atoms with E-state index in [0.717, 1.165) is 0 Å². The Balaban J connectivity index is -0.0000000178. The quantitative estimate of drug-likeness (QED) is 0.392. The van der Waals surface area contributed by atoms with E-state index in [1.165, 1.54) is 0 Å². The van der Waals surface area contributed by atoms with Gasteiger partial charge in [0.2, 0.25) is 0 Å². The van der Waals surface area contributed by atoms with Crippen molar-refractivity contribution in [2.75, 3.05) is 0 Å². The standard InChI is InChI=1S/3Ca.Mg.2O4Si/c;;;;2*1-5(2,3)4/q4*+2;2*-4. The van der Waals surface area contributed by atoms with Crippen molar-refractivity contribution < 1.29 is 38.4 Å². The van der Waals surface area contributed by atoms with E-state index >= 15 is 0 Å². The van der Waals surface area contributed by atoms with Crippen LogP contribution in [0.4, 0.5) is 0 Å². The van der Waals surface area contributed by atoms with Gasteiger partial charge in [0.1, 0.15) is 0 Å². The number of rotatable bonds is 0. The summed E-state index contributed by atoms with van der Waals surface area (Å²) < 4.78 is 0. The first-order valence-corrected chi connectivity index (χ1v) is 4.90. The van der Waals surface area contributed by atoms with Crippen molar-refractivity contribution >= 4 is 154 Å². The van der Waals surface area contributed by atoms with Crippen molar-refractivity contribution in [1.29, 1.82) is 0 Å². The Kier molecular flexibility index (Phi) is 45.8. The zero-order valence-corrected chi connectivity index (χ0v) is 17.1. The van der Waals surface area contributed by atoms with Gasteiger partial charge in [-0.2, -0.15) is 0 Å². The Morgan fingerprint density at radius 1 is 0.429 bits per heavy atom. The molecule has 0 radical (unpaired) electrons. The number of hydrogen-bond donors (Lipinski definition) is 0. The molecule has 0 aromatic rings. The molecule has 14 heavy (non-hydrogen) atoms. The second kappa shape index (κ2) is 17.7. The second-order valence-electron chi connectivity index (χ2n) is 1.00. The maximum absolute atomic E-state index is 8.58. The molecule has 0 rings (SSSR count). The van der Waals surface area contributed by atoms with Crippen molar-refractivity contribution in [3.05, 3.63) is 0 Å². The number of hydrogen-bond acceptors (Lipinski definition) is 8. The molecule has 0 saturated carbocycles. The third-order valence-electron chi connectivity index (χ3n) is 0. The molecule has 0 aliphatic rings. The second-order valence-corrected chi connectivity index (χ2v) is 3.00. The van der Waals surface area contributed by atoms with Gasteiger partial charge in [0.25, 0.3) is 0 Å². The monoisotopic (exact) mass is 328 g/mol. The molecule has 0 unspecified atom stereocenters. The summed E-state index contributed by atoms with van der Waals surface area (Å²) in [6.07, 6.45) is 0. The third kappa shape index (κ3) is 188. The van der Waals surface area contributed by atoms with Crippen LogP contribution in [0.25, 0.3) is 0 Å². The van der Waals surface area contributed by atoms with E-state index in [9.17, 15) is 0 Å². The first-order chi connectivity index (χ1) is 4.00. The van der Waals surface area contributed by atoms with Crippen LogP contribution in [0.2, 0.25) is 0 Å². The Hall–Kier alpha value is 4.66. The molecule has 0 aromatic carbocycles. The molecule has 8 nitrogen and oxygen atoms in total. The molecular weight excluding hydrogens is 329 g/mol. The van der Waals surface area contributed by atoms with Gasteiger partial charge in [0.05, 0.1) is 0 Å². The Morgan fingerprint density at radius 3 is 0.429 bits per heavy atom. The van der Waals surface area contributed by atoms with E-state index in [4.69, 9.17) is 38.4 Å². The molecule has 0 saturated heterocycles. The fourth-order valence-corrected chi connectivity index (χ4v) is 0. The maximum Gasteiger partial charge on any atom is 2.00 e. The van der Waals surface area contributed by atoms with Crippen molar-refractivity contribution in [1.82, 2.24) is 0 Å². The van der Waals surface area contributed by atoms with Crippen LogP contribution >= 0.6 is 0 Å². The average Bonchev–Trinajstić information content (AvgIpc) is 1.12. The van der Waals surface area contributed by atoms with Crippen LogP contribution in [0, 0.1) is 0 Å². The molecule has 0 aliphatic carbocycles. The van der Waals surface area contributed by atoms with Gasteiger partial charge in [-0.3, -0.25) is 0 Å². The van der Waals surface area contributed by atoms with Gasteiger partial charge in [-0.15, -0.1) is 0 Å². The molecule has 0 heterocycles. The molecule has 0 aromatic heterocycles. The molecule has 0 fully saturated rings. The molecule has 0 atom stereocenters. The first-order valence-electron chi connectivity index (χ1n) is 1.63. The molecule has 0 bridgehead atoms. The van der Waals surface area contributed by atoms with Crippen LogP contribution in [0.15, 0.2) is 0 Å². The van der Waals surface area contributed by atoms with Gasteiger partial charge >= 0.3 is 136 Å². The minimum Gasteiger partial charge on any atom is -0.894 e. The van der Waals surface area contributed by atoms with Crippen molar-refractivity contribution in [3.63, 3.8) is 0 Å². The van der Waals surface area contributed by atoms with Crippen LogP contribution < -0.4 is 38.4 Å². The van der Waals surface area contributed by atoms with Gasteiger partial charge < -0.3 is 56.5 Å². The maximum atomic E-state index is 8.58. The summed E-state index contributed by atoms with van der Waals surface area (Å²) >= 11 is 0. The smallest absolute Gasteiger partial charge is 0.894 e. The van der Waals surface area contributed by atoms with Gasteiger partial charge in [0, 0.05) is 0 Å². The first kappa shape index (κ1) is 36.3. The van der Waals surface area contributed by atoms with Crippen molar-refractivity contribution in [2.24, 2.45) is 0 Å². The van der Waals surface area contributed by atoms with Crippen molar-refractivity contribution in [2.45, 2.75) is 0 Å². The molecule has 14 heteroatoms. The van der Waals surface area contributed by atoms with E-state index in [0.29, 0.717) is 0 Å². The van der Waals surface area contributed by atoms with Crippen LogP contribution in [-0.4, -0.2) is 154 Å². The van der Waals surface area contributed by atoms with Gasteiger partial charge in [0.15, 0.2) is 0 Å². The predicted molar refractivity (Wildman–Crippen MR) is 34.5 cm³/mol. The topological polar surface area (TPSA) is 184 Å². The third-order valence-corrected chi connectivity index (χ3v) is 0. The average molecular weight is 329 g/mol. The Morgan fingerprint density at radius 2 is 0.429 bits per heavy atom.